The Morgan fingerprint density at radius 2 is 1.84 bits per heavy atom. The Kier molecular flexibility index (Phi) is 5.01. The van der Waals surface area contributed by atoms with Crippen molar-refractivity contribution in [1.29, 1.82) is 0 Å². The highest BCUT2D eigenvalue weighted by Gasteiger charge is 2.46. The van der Waals surface area contributed by atoms with Crippen molar-refractivity contribution in [3.63, 3.8) is 0 Å². The summed E-state index contributed by atoms with van der Waals surface area (Å²) in [6.45, 7) is 6.22. The molecule has 1 saturated heterocycles. The molecule has 3 aliphatic heterocycles. The molecule has 1 N–H and O–H groups in total. The van der Waals surface area contributed by atoms with Crippen molar-refractivity contribution in [2.24, 2.45) is 0 Å². The van der Waals surface area contributed by atoms with Gasteiger partial charge in [0.2, 0.25) is 5.91 Å². The van der Waals surface area contributed by atoms with Crippen LogP contribution >= 0.6 is 0 Å². The number of amides is 1. The van der Waals surface area contributed by atoms with Crippen molar-refractivity contribution >= 4 is 15.7 Å². The van der Waals surface area contributed by atoms with Crippen molar-refractivity contribution in [3.05, 3.63) is 23.3 Å². The molecular formula is C23H32N2O5S. The molecule has 3 heterocycles. The zero-order valence-corrected chi connectivity index (χ0v) is 19.2. The van der Waals surface area contributed by atoms with Crippen LogP contribution < -0.4 is 14.8 Å². The predicted octanol–water partition coefficient (Wildman–Crippen LogP) is 2.34. The molecule has 1 aliphatic carbocycles. The summed E-state index contributed by atoms with van der Waals surface area (Å²) in [6, 6.07) is 4.37. The molecule has 1 spiro atoms. The van der Waals surface area contributed by atoms with E-state index < -0.39 is 15.4 Å². The summed E-state index contributed by atoms with van der Waals surface area (Å²) >= 11 is 0. The number of nitrogens with zero attached hydrogens (tertiary/aromatic N) is 1. The monoisotopic (exact) mass is 448 g/mol. The second-order valence-electron chi connectivity index (χ2n) is 10.1. The SMILES string of the molecule is C[C@@H]1c2cc3c(cc2C2(CCCC2)CN1CC(=O)N[C@]1(C)CCS(=O)(=O)C1)OCCO3. The summed E-state index contributed by atoms with van der Waals surface area (Å²) in [5.74, 6) is 1.70. The number of hydrogen-bond acceptors (Lipinski definition) is 6. The lowest BCUT2D eigenvalue weighted by atomic mass is 9.71. The van der Waals surface area contributed by atoms with E-state index >= 15 is 0 Å². The van der Waals surface area contributed by atoms with E-state index in [0.29, 0.717) is 19.6 Å². The van der Waals surface area contributed by atoms with E-state index in [-0.39, 0.29) is 35.4 Å². The lowest BCUT2D eigenvalue weighted by Gasteiger charge is -2.46. The van der Waals surface area contributed by atoms with E-state index in [2.05, 4.69) is 29.3 Å². The number of carbonyl (C=O) groups is 1. The molecule has 1 aromatic carbocycles. The van der Waals surface area contributed by atoms with Crippen LogP contribution in [-0.4, -0.2) is 62.6 Å². The number of fused-ring (bicyclic) bond motifs is 3. The lowest BCUT2D eigenvalue weighted by Crippen LogP contribution is -2.53. The van der Waals surface area contributed by atoms with Crippen LogP contribution in [-0.2, 0) is 20.0 Å². The highest BCUT2D eigenvalue weighted by molar-refractivity contribution is 7.91. The minimum Gasteiger partial charge on any atom is -0.486 e. The number of sulfone groups is 1. The van der Waals surface area contributed by atoms with Crippen molar-refractivity contribution in [3.8, 4) is 11.5 Å². The molecule has 1 aromatic rings. The quantitative estimate of drug-likeness (QED) is 0.764. The summed E-state index contributed by atoms with van der Waals surface area (Å²) in [6.07, 6.45) is 5.09. The van der Waals surface area contributed by atoms with Gasteiger partial charge in [-0.2, -0.15) is 0 Å². The maximum Gasteiger partial charge on any atom is 0.234 e. The van der Waals surface area contributed by atoms with Crippen LogP contribution in [0, 0.1) is 0 Å². The van der Waals surface area contributed by atoms with Gasteiger partial charge in [-0.25, -0.2) is 8.42 Å². The lowest BCUT2D eigenvalue weighted by molar-refractivity contribution is -0.124. The average Bonchev–Trinajstić information content (AvgIpc) is 3.29. The third-order valence-electron chi connectivity index (χ3n) is 7.64. The van der Waals surface area contributed by atoms with Crippen LogP contribution in [0.15, 0.2) is 12.1 Å². The van der Waals surface area contributed by atoms with Crippen LogP contribution in [0.3, 0.4) is 0 Å². The van der Waals surface area contributed by atoms with Crippen molar-refractivity contribution < 1.29 is 22.7 Å². The Balaban J connectivity index is 1.40. The minimum absolute atomic E-state index is 0.0253. The number of ether oxygens (including phenoxy) is 2. The Hall–Kier alpha value is -1.80. The third kappa shape index (κ3) is 3.82. The molecule has 7 nitrogen and oxygen atoms in total. The van der Waals surface area contributed by atoms with E-state index in [0.717, 1.165) is 30.9 Å². The molecule has 0 unspecified atom stereocenters. The van der Waals surface area contributed by atoms with Gasteiger partial charge in [-0.3, -0.25) is 9.69 Å². The molecule has 2 fully saturated rings. The Labute approximate surface area is 184 Å². The molecule has 2 atom stereocenters. The number of carbonyl (C=O) groups excluding carboxylic acids is 1. The first-order chi connectivity index (χ1) is 14.7. The van der Waals surface area contributed by atoms with E-state index in [1.54, 1.807) is 0 Å². The molecule has 1 amide bonds. The van der Waals surface area contributed by atoms with Gasteiger partial charge in [-0.15, -0.1) is 0 Å². The molecule has 0 radical (unpaired) electrons. The van der Waals surface area contributed by atoms with Gasteiger partial charge in [0, 0.05) is 18.0 Å². The fourth-order valence-corrected chi connectivity index (χ4v) is 8.15. The summed E-state index contributed by atoms with van der Waals surface area (Å²) in [7, 11) is -3.06. The molecule has 8 heteroatoms. The largest absolute Gasteiger partial charge is 0.486 e. The molecule has 1 saturated carbocycles. The van der Waals surface area contributed by atoms with Crippen LogP contribution in [0.5, 0.6) is 11.5 Å². The van der Waals surface area contributed by atoms with Crippen molar-refractivity contribution in [2.75, 3.05) is 37.8 Å². The fraction of sp³-hybridized carbons (Fsp3) is 0.696. The van der Waals surface area contributed by atoms with Crippen molar-refractivity contribution in [1.82, 2.24) is 10.2 Å². The van der Waals surface area contributed by atoms with Crippen LogP contribution in [0.25, 0.3) is 0 Å². The molecule has 31 heavy (non-hydrogen) atoms. The zero-order chi connectivity index (χ0) is 21.9. The maximum atomic E-state index is 13.0. The molecular weight excluding hydrogens is 416 g/mol. The molecule has 0 aromatic heterocycles. The second-order valence-corrected chi connectivity index (χ2v) is 12.3. The first-order valence-electron chi connectivity index (χ1n) is 11.4. The van der Waals surface area contributed by atoms with Crippen LogP contribution in [0.2, 0.25) is 0 Å². The minimum atomic E-state index is -3.06. The van der Waals surface area contributed by atoms with E-state index in [4.69, 9.17) is 9.47 Å². The van der Waals surface area contributed by atoms with Gasteiger partial charge >= 0.3 is 0 Å². The molecule has 170 valence electrons. The van der Waals surface area contributed by atoms with Gasteiger partial charge in [-0.1, -0.05) is 12.8 Å². The number of hydrogen-bond donors (Lipinski definition) is 1. The van der Waals surface area contributed by atoms with Crippen molar-refractivity contribution in [2.45, 2.75) is 62.9 Å². The van der Waals surface area contributed by atoms with Gasteiger partial charge in [0.25, 0.3) is 0 Å². The summed E-state index contributed by atoms with van der Waals surface area (Å²) < 4.78 is 35.5. The Morgan fingerprint density at radius 1 is 1.16 bits per heavy atom. The first kappa shape index (κ1) is 21.1. The normalized spacial score (nSPS) is 30.8. The molecule has 5 rings (SSSR count). The molecule has 4 aliphatic rings. The van der Waals surface area contributed by atoms with Gasteiger partial charge in [0.1, 0.15) is 13.2 Å². The summed E-state index contributed by atoms with van der Waals surface area (Å²) in [4.78, 5) is 15.2. The standard InChI is InChI=1S/C23H32N2O5S/c1-16-17-11-19-20(30-9-8-29-19)12-18(17)23(5-3-4-6-23)14-25(16)13-21(26)24-22(2)7-10-31(27,28)15-22/h11-12,16H,3-10,13-15H2,1-2H3,(H,24,26)/t16-,22-/m1/s1. The topological polar surface area (TPSA) is 84.9 Å². The third-order valence-corrected chi connectivity index (χ3v) is 9.54. The van der Waals surface area contributed by atoms with Gasteiger partial charge in [0.05, 0.1) is 23.6 Å². The number of benzene rings is 1. The zero-order valence-electron chi connectivity index (χ0n) is 18.4. The van der Waals surface area contributed by atoms with E-state index in [1.807, 2.05) is 6.92 Å². The predicted molar refractivity (Wildman–Crippen MR) is 117 cm³/mol. The van der Waals surface area contributed by atoms with E-state index in [9.17, 15) is 13.2 Å². The fourth-order valence-electron chi connectivity index (χ4n) is 6.06. The van der Waals surface area contributed by atoms with Crippen LogP contribution in [0.4, 0.5) is 0 Å². The highest BCUT2D eigenvalue weighted by Crippen LogP contribution is 2.51. The van der Waals surface area contributed by atoms with Crippen LogP contribution in [0.1, 0.15) is 63.1 Å². The maximum absolute atomic E-state index is 13.0. The number of nitrogens with one attached hydrogen (secondary N) is 1. The highest BCUT2D eigenvalue weighted by atomic mass is 32.2. The summed E-state index contributed by atoms with van der Waals surface area (Å²) in [5, 5.41) is 3.03. The Morgan fingerprint density at radius 3 is 2.48 bits per heavy atom. The number of rotatable bonds is 3. The summed E-state index contributed by atoms with van der Waals surface area (Å²) in [5.41, 5.74) is 1.95. The molecule has 0 bridgehead atoms. The van der Waals surface area contributed by atoms with Gasteiger partial charge < -0.3 is 14.8 Å². The van der Waals surface area contributed by atoms with E-state index in [1.165, 1.54) is 24.0 Å². The second kappa shape index (κ2) is 7.37. The van der Waals surface area contributed by atoms with Gasteiger partial charge in [0.15, 0.2) is 21.3 Å². The first-order valence-corrected chi connectivity index (χ1v) is 13.2. The average molecular weight is 449 g/mol. The smallest absolute Gasteiger partial charge is 0.234 e. The Bertz CT molecular complexity index is 1000. The van der Waals surface area contributed by atoms with Gasteiger partial charge in [-0.05, 0) is 56.4 Å².